The topological polar surface area (TPSA) is 79.3 Å². The first-order valence-corrected chi connectivity index (χ1v) is 5.75. The molecule has 2 rings (SSSR count). The number of halogens is 1. The van der Waals surface area contributed by atoms with Crippen LogP contribution in [0.1, 0.15) is 26.4 Å². The van der Waals surface area contributed by atoms with E-state index in [1.807, 2.05) is 0 Å². The molecule has 0 saturated carbocycles. The van der Waals surface area contributed by atoms with Crippen LogP contribution < -0.4 is 5.32 Å². The highest BCUT2D eigenvalue weighted by atomic mass is 19.1. The summed E-state index contributed by atoms with van der Waals surface area (Å²) in [4.78, 5) is 26.6. The average Bonchev–Trinajstić information content (AvgIpc) is 2.41. The Hall–Kier alpha value is -2.76. The molecule has 0 atom stereocenters. The fourth-order valence-corrected chi connectivity index (χ4v) is 1.70. The number of carbonyl (C=O) groups excluding carboxylic acids is 1. The van der Waals surface area contributed by atoms with Crippen LogP contribution in [0.4, 0.5) is 10.1 Å². The molecule has 6 heteroatoms. The number of anilines is 1. The maximum Gasteiger partial charge on any atom is 0.336 e. The fourth-order valence-electron chi connectivity index (χ4n) is 1.70. The lowest BCUT2D eigenvalue weighted by Crippen LogP contribution is -2.15. The van der Waals surface area contributed by atoms with Crippen LogP contribution in [-0.4, -0.2) is 22.0 Å². The van der Waals surface area contributed by atoms with E-state index in [0.717, 1.165) is 12.3 Å². The lowest BCUT2D eigenvalue weighted by Gasteiger charge is -2.10. The smallest absolute Gasteiger partial charge is 0.336 e. The van der Waals surface area contributed by atoms with Crippen molar-refractivity contribution in [3.63, 3.8) is 0 Å². The number of hydrogen-bond donors (Lipinski definition) is 2. The zero-order chi connectivity index (χ0) is 14.7. The van der Waals surface area contributed by atoms with Gasteiger partial charge in [-0.2, -0.15) is 0 Å². The summed E-state index contributed by atoms with van der Waals surface area (Å²) in [5.74, 6) is -2.14. The summed E-state index contributed by atoms with van der Waals surface area (Å²) in [6, 6.07) is 6.94. The molecule has 0 aliphatic rings. The highest BCUT2D eigenvalue weighted by molar-refractivity contribution is 6.04. The van der Waals surface area contributed by atoms with Gasteiger partial charge in [0.2, 0.25) is 0 Å². The van der Waals surface area contributed by atoms with Gasteiger partial charge in [0.05, 0.1) is 11.8 Å². The summed E-state index contributed by atoms with van der Waals surface area (Å²) in [5, 5.41) is 11.6. The molecular weight excluding hydrogens is 263 g/mol. The number of nitrogens with one attached hydrogen (secondary N) is 1. The van der Waals surface area contributed by atoms with E-state index >= 15 is 0 Å². The molecule has 0 spiro atoms. The number of carboxylic acids is 1. The standard InChI is InChI=1S/C14H11FN2O3/c1-8-10(14(19)20)3-2-4-11(8)17-13(18)12-6-5-9(15)7-16-12/h2-7H,1H3,(H,17,18)(H,19,20). The molecule has 0 fully saturated rings. The third-order valence-corrected chi connectivity index (χ3v) is 2.77. The number of carbonyl (C=O) groups is 2. The SMILES string of the molecule is Cc1c(NC(=O)c2ccc(F)cn2)cccc1C(=O)O. The quantitative estimate of drug-likeness (QED) is 0.901. The molecular formula is C14H11FN2O3. The monoisotopic (exact) mass is 274 g/mol. The van der Waals surface area contributed by atoms with E-state index in [1.165, 1.54) is 18.2 Å². The number of benzene rings is 1. The van der Waals surface area contributed by atoms with Crippen molar-refractivity contribution in [2.75, 3.05) is 5.32 Å². The van der Waals surface area contributed by atoms with Gasteiger partial charge in [-0.05, 0) is 36.8 Å². The maximum atomic E-state index is 12.7. The molecule has 0 saturated heterocycles. The minimum Gasteiger partial charge on any atom is -0.478 e. The number of nitrogens with zero attached hydrogens (tertiary/aromatic N) is 1. The van der Waals surface area contributed by atoms with Crippen molar-refractivity contribution < 1.29 is 19.1 Å². The highest BCUT2D eigenvalue weighted by Crippen LogP contribution is 2.19. The van der Waals surface area contributed by atoms with Crippen molar-refractivity contribution in [3.05, 3.63) is 59.2 Å². The summed E-state index contributed by atoms with van der Waals surface area (Å²) in [7, 11) is 0. The Labute approximate surface area is 114 Å². The zero-order valence-electron chi connectivity index (χ0n) is 10.6. The van der Waals surface area contributed by atoms with Gasteiger partial charge in [-0.3, -0.25) is 4.79 Å². The van der Waals surface area contributed by atoms with Crippen LogP contribution in [0.15, 0.2) is 36.5 Å². The average molecular weight is 274 g/mol. The van der Waals surface area contributed by atoms with Crippen LogP contribution in [0.25, 0.3) is 0 Å². The Morgan fingerprint density at radius 3 is 2.60 bits per heavy atom. The van der Waals surface area contributed by atoms with Crippen LogP contribution in [0, 0.1) is 12.7 Å². The minimum absolute atomic E-state index is 0.0477. The van der Waals surface area contributed by atoms with Gasteiger partial charge >= 0.3 is 5.97 Å². The Morgan fingerprint density at radius 2 is 2.00 bits per heavy atom. The van der Waals surface area contributed by atoms with Crippen LogP contribution in [0.5, 0.6) is 0 Å². The number of aromatic nitrogens is 1. The summed E-state index contributed by atoms with van der Waals surface area (Å²) < 4.78 is 12.7. The Balaban J connectivity index is 2.26. The number of aromatic carboxylic acids is 1. The number of pyridine rings is 1. The van der Waals surface area contributed by atoms with Gasteiger partial charge in [0, 0.05) is 5.69 Å². The van der Waals surface area contributed by atoms with E-state index in [4.69, 9.17) is 5.11 Å². The van der Waals surface area contributed by atoms with Gasteiger partial charge in [0.1, 0.15) is 11.5 Å². The van der Waals surface area contributed by atoms with E-state index < -0.39 is 17.7 Å². The summed E-state index contributed by atoms with van der Waals surface area (Å²) in [6.07, 6.45) is 0.940. The second-order valence-electron chi connectivity index (χ2n) is 4.10. The number of carboxylic acid groups (broad SMARTS) is 1. The Kier molecular flexibility index (Phi) is 3.74. The molecule has 0 aliphatic carbocycles. The van der Waals surface area contributed by atoms with Gasteiger partial charge in [0.25, 0.3) is 5.91 Å². The van der Waals surface area contributed by atoms with Gasteiger partial charge < -0.3 is 10.4 Å². The number of hydrogen-bond acceptors (Lipinski definition) is 3. The first-order chi connectivity index (χ1) is 9.49. The van der Waals surface area contributed by atoms with E-state index in [0.29, 0.717) is 11.3 Å². The lowest BCUT2D eigenvalue weighted by molar-refractivity contribution is 0.0695. The number of amides is 1. The van der Waals surface area contributed by atoms with Crippen LogP contribution >= 0.6 is 0 Å². The molecule has 102 valence electrons. The van der Waals surface area contributed by atoms with Crippen molar-refractivity contribution in [1.82, 2.24) is 4.98 Å². The molecule has 5 nitrogen and oxygen atoms in total. The third-order valence-electron chi connectivity index (χ3n) is 2.77. The maximum absolute atomic E-state index is 12.7. The lowest BCUT2D eigenvalue weighted by atomic mass is 10.1. The first-order valence-electron chi connectivity index (χ1n) is 5.75. The third kappa shape index (κ3) is 2.80. The van der Waals surface area contributed by atoms with E-state index in [2.05, 4.69) is 10.3 Å². The van der Waals surface area contributed by atoms with Crippen LogP contribution in [-0.2, 0) is 0 Å². The largest absolute Gasteiger partial charge is 0.478 e. The van der Waals surface area contributed by atoms with Crippen molar-refractivity contribution in [2.24, 2.45) is 0 Å². The molecule has 0 radical (unpaired) electrons. The van der Waals surface area contributed by atoms with Crippen LogP contribution in [0.2, 0.25) is 0 Å². The molecule has 0 unspecified atom stereocenters. The Morgan fingerprint density at radius 1 is 1.25 bits per heavy atom. The molecule has 2 aromatic rings. The Bertz CT molecular complexity index is 669. The van der Waals surface area contributed by atoms with E-state index in [9.17, 15) is 14.0 Å². The molecule has 1 amide bonds. The van der Waals surface area contributed by atoms with Gasteiger partial charge in [0.15, 0.2) is 0 Å². The first kappa shape index (κ1) is 13.7. The molecule has 1 aromatic carbocycles. The van der Waals surface area contributed by atoms with Gasteiger partial charge in [-0.25, -0.2) is 14.2 Å². The molecule has 0 bridgehead atoms. The molecule has 20 heavy (non-hydrogen) atoms. The van der Waals surface area contributed by atoms with E-state index in [1.54, 1.807) is 13.0 Å². The second-order valence-corrected chi connectivity index (χ2v) is 4.10. The predicted octanol–water partition coefficient (Wildman–Crippen LogP) is 2.48. The summed E-state index contributed by atoms with van der Waals surface area (Å²) >= 11 is 0. The van der Waals surface area contributed by atoms with Crippen molar-refractivity contribution in [1.29, 1.82) is 0 Å². The predicted molar refractivity (Wildman–Crippen MR) is 70.3 cm³/mol. The van der Waals surface area contributed by atoms with Gasteiger partial charge in [-0.15, -0.1) is 0 Å². The van der Waals surface area contributed by atoms with Crippen molar-refractivity contribution in [2.45, 2.75) is 6.92 Å². The summed E-state index contributed by atoms with van der Waals surface area (Å²) in [6.45, 7) is 1.59. The molecule has 1 heterocycles. The van der Waals surface area contributed by atoms with Crippen molar-refractivity contribution >= 4 is 17.6 Å². The summed E-state index contributed by atoms with van der Waals surface area (Å²) in [5.41, 5.74) is 0.970. The minimum atomic E-state index is -1.07. The molecule has 1 aromatic heterocycles. The normalized spacial score (nSPS) is 10.1. The van der Waals surface area contributed by atoms with E-state index in [-0.39, 0.29) is 11.3 Å². The molecule has 0 aliphatic heterocycles. The fraction of sp³-hybridized carbons (Fsp3) is 0.0714. The van der Waals surface area contributed by atoms with Gasteiger partial charge in [-0.1, -0.05) is 6.07 Å². The zero-order valence-corrected chi connectivity index (χ0v) is 10.6. The van der Waals surface area contributed by atoms with Crippen LogP contribution in [0.3, 0.4) is 0 Å². The highest BCUT2D eigenvalue weighted by Gasteiger charge is 2.13. The molecule has 2 N–H and O–H groups in total. The van der Waals surface area contributed by atoms with Crippen molar-refractivity contribution in [3.8, 4) is 0 Å². The number of rotatable bonds is 3. The second kappa shape index (κ2) is 5.48.